The van der Waals surface area contributed by atoms with Gasteiger partial charge >= 0.3 is 0 Å². The van der Waals surface area contributed by atoms with Crippen molar-refractivity contribution in [3.8, 4) is 0 Å². The van der Waals surface area contributed by atoms with Crippen molar-refractivity contribution in [1.82, 2.24) is 5.32 Å². The van der Waals surface area contributed by atoms with Gasteiger partial charge in [-0.2, -0.15) is 0 Å². The molecular formula is C17H21NO2S. The zero-order valence-electron chi connectivity index (χ0n) is 12.3. The van der Waals surface area contributed by atoms with E-state index in [2.05, 4.69) is 11.4 Å². The van der Waals surface area contributed by atoms with Gasteiger partial charge < -0.3 is 10.4 Å². The van der Waals surface area contributed by atoms with Crippen LogP contribution in [-0.4, -0.2) is 23.2 Å². The highest BCUT2D eigenvalue weighted by Gasteiger charge is 2.25. The zero-order chi connectivity index (χ0) is 14.8. The van der Waals surface area contributed by atoms with Gasteiger partial charge in [-0.3, -0.25) is 4.79 Å². The molecule has 21 heavy (non-hydrogen) atoms. The van der Waals surface area contributed by atoms with E-state index in [-0.39, 0.29) is 11.9 Å². The van der Waals surface area contributed by atoms with E-state index in [4.69, 9.17) is 0 Å². The maximum absolute atomic E-state index is 12.5. The van der Waals surface area contributed by atoms with Crippen LogP contribution in [-0.2, 0) is 0 Å². The molecule has 2 unspecified atom stereocenters. The number of thiophene rings is 1. The highest BCUT2D eigenvalue weighted by molar-refractivity contribution is 7.21. The molecule has 0 radical (unpaired) electrons. The fourth-order valence-corrected chi connectivity index (χ4v) is 4.19. The zero-order valence-corrected chi connectivity index (χ0v) is 13.1. The van der Waals surface area contributed by atoms with E-state index in [1.165, 1.54) is 11.3 Å². The van der Waals surface area contributed by atoms with Gasteiger partial charge in [-0.1, -0.05) is 37.5 Å². The Morgan fingerprint density at radius 2 is 2.00 bits per heavy atom. The molecule has 3 nitrogen and oxygen atoms in total. The maximum atomic E-state index is 12.5. The fraction of sp³-hybridized carbons (Fsp3) is 0.471. The number of aliphatic hydroxyl groups is 1. The Balaban J connectivity index is 1.81. The normalized spacial score (nSPS) is 23.0. The van der Waals surface area contributed by atoms with Gasteiger partial charge in [0.2, 0.25) is 0 Å². The number of aryl methyl sites for hydroxylation is 1. The maximum Gasteiger partial charge on any atom is 0.261 e. The molecule has 1 aromatic heterocycles. The molecule has 1 aliphatic rings. The summed E-state index contributed by atoms with van der Waals surface area (Å²) in [5.74, 6) is -0.0420. The van der Waals surface area contributed by atoms with Crippen LogP contribution in [0, 0.1) is 6.92 Å². The minimum atomic E-state index is -0.411. The second kappa shape index (κ2) is 6.16. The van der Waals surface area contributed by atoms with Crippen LogP contribution in [0.15, 0.2) is 24.3 Å². The molecule has 0 spiro atoms. The number of amides is 1. The van der Waals surface area contributed by atoms with E-state index >= 15 is 0 Å². The monoisotopic (exact) mass is 303 g/mol. The lowest BCUT2D eigenvalue weighted by atomic mass is 10.1. The first-order chi connectivity index (χ1) is 10.2. The molecule has 4 heteroatoms. The lowest BCUT2D eigenvalue weighted by molar-refractivity contribution is 0.0822. The van der Waals surface area contributed by atoms with Crippen LogP contribution in [0.3, 0.4) is 0 Å². The van der Waals surface area contributed by atoms with Crippen LogP contribution in [0.5, 0.6) is 0 Å². The summed E-state index contributed by atoms with van der Waals surface area (Å²) in [5, 5.41) is 14.3. The molecule has 1 aromatic carbocycles. The summed E-state index contributed by atoms with van der Waals surface area (Å²) < 4.78 is 1.14. The molecule has 0 bridgehead atoms. The van der Waals surface area contributed by atoms with Crippen LogP contribution >= 0.6 is 11.3 Å². The predicted molar refractivity (Wildman–Crippen MR) is 86.9 cm³/mol. The molecule has 2 N–H and O–H groups in total. The van der Waals surface area contributed by atoms with Crippen LogP contribution in [0.25, 0.3) is 10.1 Å². The number of hydrogen-bond donors (Lipinski definition) is 2. The highest BCUT2D eigenvalue weighted by atomic mass is 32.1. The summed E-state index contributed by atoms with van der Waals surface area (Å²) in [6.45, 7) is 2.00. The first-order valence-electron chi connectivity index (χ1n) is 7.64. The van der Waals surface area contributed by atoms with Gasteiger partial charge in [0.1, 0.15) is 0 Å². The molecule has 0 aliphatic heterocycles. The first kappa shape index (κ1) is 14.5. The van der Waals surface area contributed by atoms with E-state index in [0.717, 1.165) is 52.6 Å². The Labute approximate surface area is 129 Å². The number of fused-ring (bicyclic) bond motifs is 1. The van der Waals surface area contributed by atoms with Crippen molar-refractivity contribution in [2.45, 2.75) is 51.2 Å². The van der Waals surface area contributed by atoms with Gasteiger partial charge in [-0.05, 0) is 36.8 Å². The molecule has 2 atom stereocenters. The molecule has 1 aliphatic carbocycles. The third-order valence-electron chi connectivity index (χ3n) is 4.35. The molecule has 1 heterocycles. The van der Waals surface area contributed by atoms with Crippen molar-refractivity contribution in [3.05, 3.63) is 34.7 Å². The SMILES string of the molecule is Cc1c(C(=O)NC2CCCCCC2O)sc2ccccc12. The third-order valence-corrected chi connectivity index (χ3v) is 5.62. The van der Waals surface area contributed by atoms with Crippen LogP contribution in [0.4, 0.5) is 0 Å². The molecule has 0 saturated heterocycles. The summed E-state index contributed by atoms with van der Waals surface area (Å²) in [6.07, 6.45) is 4.52. The topological polar surface area (TPSA) is 49.3 Å². The molecular weight excluding hydrogens is 282 g/mol. The van der Waals surface area contributed by atoms with Gasteiger partial charge in [0.15, 0.2) is 0 Å². The second-order valence-electron chi connectivity index (χ2n) is 5.84. The minimum absolute atomic E-state index is 0.0420. The smallest absolute Gasteiger partial charge is 0.261 e. The van der Waals surface area contributed by atoms with Crippen LogP contribution < -0.4 is 5.32 Å². The Hall–Kier alpha value is -1.39. The molecule has 1 saturated carbocycles. The van der Waals surface area contributed by atoms with Crippen molar-refractivity contribution >= 4 is 27.3 Å². The number of nitrogens with one attached hydrogen (secondary N) is 1. The Bertz CT molecular complexity index is 649. The average molecular weight is 303 g/mol. The van der Waals surface area contributed by atoms with Crippen molar-refractivity contribution in [1.29, 1.82) is 0 Å². The summed E-state index contributed by atoms with van der Waals surface area (Å²) in [4.78, 5) is 13.3. The average Bonchev–Trinajstić information content (AvgIpc) is 2.69. The largest absolute Gasteiger partial charge is 0.391 e. The van der Waals surface area contributed by atoms with E-state index in [1.807, 2.05) is 25.1 Å². The number of hydrogen-bond acceptors (Lipinski definition) is 3. The quantitative estimate of drug-likeness (QED) is 0.832. The summed E-state index contributed by atoms with van der Waals surface area (Å²) in [5.41, 5.74) is 1.04. The summed E-state index contributed by atoms with van der Waals surface area (Å²) >= 11 is 1.53. The number of aliphatic hydroxyl groups excluding tert-OH is 1. The Morgan fingerprint density at radius 1 is 1.24 bits per heavy atom. The van der Waals surface area contributed by atoms with Crippen LogP contribution in [0.2, 0.25) is 0 Å². The minimum Gasteiger partial charge on any atom is -0.391 e. The number of carbonyl (C=O) groups is 1. The van der Waals surface area contributed by atoms with Crippen LogP contribution in [0.1, 0.15) is 47.3 Å². The number of rotatable bonds is 2. The Kier molecular flexibility index (Phi) is 4.27. The van der Waals surface area contributed by atoms with E-state index in [1.54, 1.807) is 0 Å². The lowest BCUT2D eigenvalue weighted by Crippen LogP contribution is -2.42. The van der Waals surface area contributed by atoms with Crippen molar-refractivity contribution in [2.24, 2.45) is 0 Å². The summed E-state index contributed by atoms with van der Waals surface area (Å²) in [7, 11) is 0. The predicted octanol–water partition coefficient (Wildman–Crippen LogP) is 3.63. The van der Waals surface area contributed by atoms with Gasteiger partial charge in [0.25, 0.3) is 5.91 Å². The summed E-state index contributed by atoms with van der Waals surface area (Å²) in [6, 6.07) is 7.99. The number of carbonyl (C=O) groups excluding carboxylic acids is 1. The second-order valence-corrected chi connectivity index (χ2v) is 6.89. The van der Waals surface area contributed by atoms with Gasteiger partial charge in [-0.25, -0.2) is 0 Å². The standard InChI is InChI=1S/C17H21NO2S/c1-11-12-7-5-6-10-15(12)21-16(11)17(20)18-13-8-3-2-4-9-14(13)19/h5-7,10,13-14,19H,2-4,8-9H2,1H3,(H,18,20). The third kappa shape index (κ3) is 2.97. The molecule has 112 valence electrons. The number of benzene rings is 1. The molecule has 1 amide bonds. The highest BCUT2D eigenvalue weighted by Crippen LogP contribution is 2.30. The van der Waals surface area contributed by atoms with Gasteiger partial charge in [0, 0.05) is 4.70 Å². The van der Waals surface area contributed by atoms with Crippen molar-refractivity contribution in [2.75, 3.05) is 0 Å². The lowest BCUT2D eigenvalue weighted by Gasteiger charge is -2.21. The van der Waals surface area contributed by atoms with Gasteiger partial charge in [0.05, 0.1) is 17.0 Å². The van der Waals surface area contributed by atoms with E-state index in [9.17, 15) is 9.90 Å². The van der Waals surface area contributed by atoms with Crippen molar-refractivity contribution in [3.63, 3.8) is 0 Å². The van der Waals surface area contributed by atoms with E-state index in [0.29, 0.717) is 0 Å². The molecule has 3 rings (SSSR count). The fourth-order valence-electron chi connectivity index (χ4n) is 3.08. The molecule has 2 aromatic rings. The van der Waals surface area contributed by atoms with E-state index < -0.39 is 6.10 Å². The molecule has 1 fully saturated rings. The first-order valence-corrected chi connectivity index (χ1v) is 8.45. The Morgan fingerprint density at radius 3 is 2.81 bits per heavy atom. The van der Waals surface area contributed by atoms with Gasteiger partial charge in [-0.15, -0.1) is 11.3 Å². The van der Waals surface area contributed by atoms with Crippen molar-refractivity contribution < 1.29 is 9.90 Å².